The van der Waals surface area contributed by atoms with Crippen molar-refractivity contribution >= 4 is 5.91 Å². The second kappa shape index (κ2) is 9.71. The summed E-state index contributed by atoms with van der Waals surface area (Å²) in [5.74, 6) is -0.256. The van der Waals surface area contributed by atoms with Crippen LogP contribution in [0.1, 0.15) is 24.8 Å². The minimum atomic E-state index is -0.465. The zero-order valence-electron chi connectivity index (χ0n) is 14.2. The lowest BCUT2D eigenvalue weighted by molar-refractivity contribution is -0.122. The Labute approximate surface area is 142 Å². The van der Waals surface area contributed by atoms with Gasteiger partial charge >= 0.3 is 0 Å². The zero-order valence-corrected chi connectivity index (χ0v) is 14.2. The van der Waals surface area contributed by atoms with E-state index in [1.165, 1.54) is 12.1 Å². The lowest BCUT2D eigenvalue weighted by atomic mass is 10.0. The van der Waals surface area contributed by atoms with Crippen molar-refractivity contribution in [1.29, 1.82) is 0 Å². The molecule has 0 aromatic heterocycles. The molecule has 1 aliphatic heterocycles. The molecule has 1 atom stereocenters. The number of hydrogen-bond donors (Lipinski definition) is 2. The number of aryl methyl sites for hydroxylation is 1. The van der Waals surface area contributed by atoms with Crippen molar-refractivity contribution < 1.29 is 19.0 Å². The molecule has 2 rings (SSSR count). The summed E-state index contributed by atoms with van der Waals surface area (Å²) in [6.07, 6.45) is 2.21. The number of carbonyl (C=O) groups is 1. The number of methoxy groups -OCH3 is 1. The number of carbonyl (C=O) groups excluding carboxylic acids is 1. The van der Waals surface area contributed by atoms with Crippen LogP contribution in [0.15, 0.2) is 24.3 Å². The number of likely N-dealkylation sites (tertiary alicyclic amines) is 1. The first-order valence-electron chi connectivity index (χ1n) is 8.50. The molecule has 0 radical (unpaired) electrons. The van der Waals surface area contributed by atoms with Gasteiger partial charge in [0.15, 0.2) is 0 Å². The number of hydrogen-bond acceptors (Lipinski definition) is 4. The van der Waals surface area contributed by atoms with Gasteiger partial charge in [0.2, 0.25) is 5.91 Å². The van der Waals surface area contributed by atoms with Gasteiger partial charge < -0.3 is 20.1 Å². The van der Waals surface area contributed by atoms with Gasteiger partial charge in [0.25, 0.3) is 0 Å². The molecule has 0 spiro atoms. The van der Waals surface area contributed by atoms with Gasteiger partial charge in [-0.25, -0.2) is 4.39 Å². The van der Waals surface area contributed by atoms with E-state index in [1.54, 1.807) is 13.2 Å². The fourth-order valence-corrected chi connectivity index (χ4v) is 3.05. The highest BCUT2D eigenvalue weighted by Crippen LogP contribution is 2.12. The van der Waals surface area contributed by atoms with E-state index in [9.17, 15) is 14.3 Å². The molecule has 24 heavy (non-hydrogen) atoms. The third-order valence-corrected chi connectivity index (χ3v) is 4.31. The second-order valence-electron chi connectivity index (χ2n) is 6.38. The van der Waals surface area contributed by atoms with Crippen molar-refractivity contribution in [3.05, 3.63) is 35.6 Å². The van der Waals surface area contributed by atoms with Gasteiger partial charge in [0.05, 0.1) is 12.7 Å². The Balaban J connectivity index is 1.65. The number of rotatable bonds is 8. The van der Waals surface area contributed by atoms with Crippen molar-refractivity contribution in [3.63, 3.8) is 0 Å². The highest BCUT2D eigenvalue weighted by Gasteiger charge is 2.22. The first kappa shape index (κ1) is 18.8. The molecule has 1 fully saturated rings. The Morgan fingerprint density at radius 1 is 1.46 bits per heavy atom. The normalized spacial score (nSPS) is 17.6. The number of benzene rings is 1. The molecule has 134 valence electrons. The standard InChI is InChI=1S/C18H27FN2O3/c1-24-13-17(22)12-21-9-7-16(8-10-21)20-18(23)6-5-14-3-2-4-15(19)11-14/h2-4,11,16-17,22H,5-10,12-13H2,1H3,(H,20,23). The van der Waals surface area contributed by atoms with Crippen LogP contribution in [0.25, 0.3) is 0 Å². The summed E-state index contributed by atoms with van der Waals surface area (Å²) < 4.78 is 18.0. The molecule has 1 aromatic carbocycles. The van der Waals surface area contributed by atoms with E-state index in [2.05, 4.69) is 10.2 Å². The van der Waals surface area contributed by atoms with Crippen LogP contribution >= 0.6 is 0 Å². The first-order valence-corrected chi connectivity index (χ1v) is 8.50. The van der Waals surface area contributed by atoms with Crippen molar-refractivity contribution in [3.8, 4) is 0 Å². The summed E-state index contributed by atoms with van der Waals surface area (Å²) in [5, 5.41) is 12.8. The summed E-state index contributed by atoms with van der Waals surface area (Å²) in [6.45, 7) is 2.66. The number of nitrogens with one attached hydrogen (secondary N) is 1. The van der Waals surface area contributed by atoms with Crippen molar-refractivity contribution in [2.24, 2.45) is 0 Å². The Hall–Kier alpha value is -1.50. The van der Waals surface area contributed by atoms with Gasteiger partial charge in [-0.15, -0.1) is 0 Å². The van der Waals surface area contributed by atoms with Gasteiger partial charge in [0, 0.05) is 39.2 Å². The molecule has 6 heteroatoms. The van der Waals surface area contributed by atoms with E-state index in [4.69, 9.17) is 4.74 Å². The summed E-state index contributed by atoms with van der Waals surface area (Å²) in [7, 11) is 1.58. The third kappa shape index (κ3) is 6.55. The molecule has 1 aliphatic rings. The van der Waals surface area contributed by atoms with Gasteiger partial charge in [0.1, 0.15) is 5.82 Å². The Morgan fingerprint density at radius 2 is 2.21 bits per heavy atom. The van der Waals surface area contributed by atoms with Gasteiger partial charge in [-0.05, 0) is 37.0 Å². The van der Waals surface area contributed by atoms with Gasteiger partial charge in [-0.2, -0.15) is 0 Å². The maximum Gasteiger partial charge on any atom is 0.220 e. The lowest BCUT2D eigenvalue weighted by Crippen LogP contribution is -2.47. The van der Waals surface area contributed by atoms with E-state index < -0.39 is 6.10 Å². The molecule has 1 unspecified atom stereocenters. The van der Waals surface area contributed by atoms with Gasteiger partial charge in [-0.3, -0.25) is 4.79 Å². The zero-order chi connectivity index (χ0) is 17.4. The molecule has 0 aliphatic carbocycles. The first-order chi connectivity index (χ1) is 11.6. The summed E-state index contributed by atoms with van der Waals surface area (Å²) in [6, 6.07) is 6.55. The molecule has 1 aromatic rings. The predicted molar refractivity (Wildman–Crippen MR) is 90.2 cm³/mol. The topological polar surface area (TPSA) is 61.8 Å². The minimum Gasteiger partial charge on any atom is -0.389 e. The predicted octanol–water partition coefficient (Wildman–Crippen LogP) is 1.35. The number of amides is 1. The van der Waals surface area contributed by atoms with Crippen LogP contribution in [-0.4, -0.2) is 61.4 Å². The number of halogens is 1. The SMILES string of the molecule is COCC(O)CN1CCC(NC(=O)CCc2cccc(F)c2)CC1. The smallest absolute Gasteiger partial charge is 0.220 e. The van der Waals surface area contributed by atoms with E-state index in [-0.39, 0.29) is 17.8 Å². The number of ether oxygens (including phenoxy) is 1. The van der Waals surface area contributed by atoms with Crippen molar-refractivity contribution in [1.82, 2.24) is 10.2 Å². The molecule has 1 heterocycles. The number of aliphatic hydroxyl groups is 1. The van der Waals surface area contributed by atoms with E-state index >= 15 is 0 Å². The summed E-state index contributed by atoms with van der Waals surface area (Å²) >= 11 is 0. The summed E-state index contributed by atoms with van der Waals surface area (Å²) in [5.41, 5.74) is 0.840. The Kier molecular flexibility index (Phi) is 7.62. The Morgan fingerprint density at radius 3 is 2.88 bits per heavy atom. The Bertz CT molecular complexity index is 519. The minimum absolute atomic E-state index is 0.0112. The van der Waals surface area contributed by atoms with Crippen LogP contribution in [0.2, 0.25) is 0 Å². The third-order valence-electron chi connectivity index (χ3n) is 4.31. The number of β-amino-alcohol motifs (C(OH)–C–C–N with tert-alkyl or cyclic N) is 1. The quantitative estimate of drug-likeness (QED) is 0.751. The molecule has 2 N–H and O–H groups in total. The van der Waals surface area contributed by atoms with E-state index in [1.807, 2.05) is 6.07 Å². The maximum atomic E-state index is 13.1. The molecular formula is C18H27FN2O3. The molecule has 1 amide bonds. The summed E-state index contributed by atoms with van der Waals surface area (Å²) in [4.78, 5) is 14.2. The largest absolute Gasteiger partial charge is 0.389 e. The second-order valence-corrected chi connectivity index (χ2v) is 6.38. The van der Waals surface area contributed by atoms with Crippen LogP contribution in [0.3, 0.4) is 0 Å². The molecular weight excluding hydrogens is 311 g/mol. The molecule has 1 saturated heterocycles. The van der Waals surface area contributed by atoms with Crippen LogP contribution in [0, 0.1) is 5.82 Å². The average molecular weight is 338 g/mol. The van der Waals surface area contributed by atoms with E-state index in [0.29, 0.717) is 26.0 Å². The average Bonchev–Trinajstić information content (AvgIpc) is 2.55. The number of aliphatic hydroxyl groups excluding tert-OH is 1. The number of piperidine rings is 1. The van der Waals surface area contributed by atoms with Crippen LogP contribution in [0.5, 0.6) is 0 Å². The fourth-order valence-electron chi connectivity index (χ4n) is 3.05. The lowest BCUT2D eigenvalue weighted by Gasteiger charge is -2.33. The van der Waals surface area contributed by atoms with Crippen LogP contribution < -0.4 is 5.32 Å². The van der Waals surface area contributed by atoms with Crippen molar-refractivity contribution in [2.45, 2.75) is 37.8 Å². The molecule has 0 saturated carbocycles. The number of nitrogens with zero attached hydrogens (tertiary/aromatic N) is 1. The molecule has 5 nitrogen and oxygen atoms in total. The van der Waals surface area contributed by atoms with Crippen LogP contribution in [0.4, 0.5) is 4.39 Å². The van der Waals surface area contributed by atoms with Crippen molar-refractivity contribution in [2.75, 3.05) is 33.4 Å². The maximum absolute atomic E-state index is 13.1. The van der Waals surface area contributed by atoms with E-state index in [0.717, 1.165) is 31.5 Å². The van der Waals surface area contributed by atoms with Gasteiger partial charge in [-0.1, -0.05) is 12.1 Å². The highest BCUT2D eigenvalue weighted by molar-refractivity contribution is 5.76. The highest BCUT2D eigenvalue weighted by atomic mass is 19.1. The fraction of sp³-hybridized carbons (Fsp3) is 0.611. The monoisotopic (exact) mass is 338 g/mol. The molecule has 0 bridgehead atoms. The van der Waals surface area contributed by atoms with Crippen LogP contribution in [-0.2, 0) is 16.0 Å².